The molecule has 0 saturated carbocycles. The van der Waals surface area contributed by atoms with E-state index < -0.39 is 0 Å². The van der Waals surface area contributed by atoms with Gasteiger partial charge in [0.1, 0.15) is 0 Å². The monoisotopic (exact) mass is 278 g/mol. The Balaban J connectivity index is 2.31. The van der Waals surface area contributed by atoms with Gasteiger partial charge in [0.2, 0.25) is 0 Å². The molecule has 4 nitrogen and oxygen atoms in total. The van der Waals surface area contributed by atoms with Crippen molar-refractivity contribution in [3.8, 4) is 11.5 Å². The van der Waals surface area contributed by atoms with E-state index in [0.29, 0.717) is 13.2 Å². The van der Waals surface area contributed by atoms with Gasteiger partial charge in [-0.1, -0.05) is 19.1 Å². The second-order valence-electron chi connectivity index (χ2n) is 5.22. The number of ether oxygens (including phenoxy) is 2. The van der Waals surface area contributed by atoms with E-state index in [0.717, 1.165) is 36.6 Å². The van der Waals surface area contributed by atoms with E-state index in [1.165, 1.54) is 12.8 Å². The number of rotatable bonds is 7. The predicted octanol–water partition coefficient (Wildman–Crippen LogP) is 2.58. The first kappa shape index (κ1) is 15.1. The van der Waals surface area contributed by atoms with Crippen LogP contribution >= 0.6 is 0 Å². The van der Waals surface area contributed by atoms with Gasteiger partial charge in [-0.05, 0) is 38.4 Å². The van der Waals surface area contributed by atoms with Crippen molar-refractivity contribution >= 4 is 0 Å². The Hall–Kier alpha value is -1.26. The summed E-state index contributed by atoms with van der Waals surface area (Å²) in [6.07, 6.45) is 3.49. The van der Waals surface area contributed by atoms with Gasteiger partial charge >= 0.3 is 0 Å². The number of methoxy groups -OCH3 is 1. The highest BCUT2D eigenvalue weighted by atomic mass is 16.5. The topological polar surface area (TPSA) is 47.7 Å². The number of likely N-dealkylation sites (tertiary alicyclic amines) is 1. The van der Waals surface area contributed by atoms with Gasteiger partial charge in [0, 0.05) is 12.1 Å². The molecule has 1 atom stereocenters. The van der Waals surface area contributed by atoms with Crippen molar-refractivity contribution in [1.82, 2.24) is 4.90 Å². The van der Waals surface area contributed by atoms with Crippen molar-refractivity contribution < 1.29 is 9.47 Å². The van der Waals surface area contributed by atoms with Gasteiger partial charge in [0.05, 0.1) is 19.8 Å². The molecular weight excluding hydrogens is 252 g/mol. The maximum atomic E-state index is 6.04. The maximum Gasteiger partial charge on any atom is 0.165 e. The normalized spacial score (nSPS) is 17.1. The molecule has 0 aliphatic carbocycles. The summed E-state index contributed by atoms with van der Waals surface area (Å²) in [6.45, 7) is 5.65. The van der Waals surface area contributed by atoms with E-state index in [9.17, 15) is 0 Å². The lowest BCUT2D eigenvalue weighted by Gasteiger charge is -2.28. The fourth-order valence-corrected chi connectivity index (χ4v) is 2.84. The number of benzene rings is 1. The summed E-state index contributed by atoms with van der Waals surface area (Å²) in [5.74, 6) is 1.66. The van der Waals surface area contributed by atoms with Crippen molar-refractivity contribution in [2.75, 3.05) is 33.4 Å². The molecule has 1 aliphatic heterocycles. The highest BCUT2D eigenvalue weighted by Crippen LogP contribution is 2.37. The molecule has 0 aromatic heterocycles. The van der Waals surface area contributed by atoms with E-state index in [4.69, 9.17) is 15.2 Å². The van der Waals surface area contributed by atoms with Crippen molar-refractivity contribution in [2.24, 2.45) is 5.73 Å². The van der Waals surface area contributed by atoms with E-state index in [-0.39, 0.29) is 6.04 Å². The smallest absolute Gasteiger partial charge is 0.165 e. The number of hydrogen-bond donors (Lipinski definition) is 1. The van der Waals surface area contributed by atoms with Gasteiger partial charge in [-0.25, -0.2) is 0 Å². The van der Waals surface area contributed by atoms with Gasteiger partial charge in [0.15, 0.2) is 11.5 Å². The zero-order valence-electron chi connectivity index (χ0n) is 12.6. The molecule has 1 aromatic carbocycles. The second kappa shape index (κ2) is 7.50. The number of nitrogens with two attached hydrogens (primary N) is 1. The number of para-hydroxylation sites is 1. The minimum atomic E-state index is 0.222. The minimum Gasteiger partial charge on any atom is -0.493 e. The Morgan fingerprint density at radius 1 is 1.30 bits per heavy atom. The highest BCUT2D eigenvalue weighted by molar-refractivity contribution is 5.48. The molecule has 20 heavy (non-hydrogen) atoms. The lowest BCUT2D eigenvalue weighted by atomic mass is 10.0. The molecule has 1 aliphatic rings. The zero-order valence-corrected chi connectivity index (χ0v) is 12.6. The molecule has 0 bridgehead atoms. The summed E-state index contributed by atoms with van der Waals surface area (Å²) < 4.78 is 11.4. The molecule has 1 fully saturated rings. The summed E-state index contributed by atoms with van der Waals surface area (Å²) in [7, 11) is 1.69. The van der Waals surface area contributed by atoms with Crippen LogP contribution in [0.3, 0.4) is 0 Å². The van der Waals surface area contributed by atoms with Crippen LogP contribution in [0, 0.1) is 0 Å². The zero-order chi connectivity index (χ0) is 14.4. The second-order valence-corrected chi connectivity index (χ2v) is 5.22. The Kier molecular flexibility index (Phi) is 5.68. The van der Waals surface area contributed by atoms with Crippen LogP contribution in [0.1, 0.15) is 37.8 Å². The van der Waals surface area contributed by atoms with Crippen LogP contribution < -0.4 is 15.2 Å². The van der Waals surface area contributed by atoms with Crippen molar-refractivity contribution in [1.29, 1.82) is 0 Å². The molecule has 1 aromatic rings. The third-order valence-electron chi connectivity index (χ3n) is 3.84. The van der Waals surface area contributed by atoms with E-state index >= 15 is 0 Å². The lowest BCUT2D eigenvalue weighted by molar-refractivity contribution is 0.234. The highest BCUT2D eigenvalue weighted by Gasteiger charge is 2.26. The summed E-state index contributed by atoms with van der Waals surface area (Å²) in [4.78, 5) is 2.45. The van der Waals surface area contributed by atoms with Crippen LogP contribution in [-0.4, -0.2) is 38.3 Å². The summed E-state index contributed by atoms with van der Waals surface area (Å²) in [5, 5.41) is 0. The van der Waals surface area contributed by atoms with Gasteiger partial charge in [-0.3, -0.25) is 4.90 Å². The molecule has 0 spiro atoms. The molecule has 0 amide bonds. The van der Waals surface area contributed by atoms with E-state index in [1.54, 1.807) is 7.11 Å². The number of nitrogens with zero attached hydrogens (tertiary/aromatic N) is 1. The predicted molar refractivity (Wildman–Crippen MR) is 81.4 cm³/mol. The lowest BCUT2D eigenvalue weighted by Crippen LogP contribution is -2.31. The van der Waals surface area contributed by atoms with Crippen LogP contribution in [0.5, 0.6) is 11.5 Å². The van der Waals surface area contributed by atoms with Crippen LogP contribution in [-0.2, 0) is 0 Å². The SMILES string of the molecule is CCCOc1c(OC)cccc1C(CN)N1CCCC1. The van der Waals surface area contributed by atoms with Crippen LogP contribution in [0.4, 0.5) is 0 Å². The third-order valence-corrected chi connectivity index (χ3v) is 3.84. The Bertz CT molecular complexity index is 417. The molecule has 1 heterocycles. The van der Waals surface area contributed by atoms with Gasteiger partial charge in [-0.15, -0.1) is 0 Å². The molecule has 2 rings (SSSR count). The Labute approximate surface area is 121 Å². The summed E-state index contributed by atoms with van der Waals surface area (Å²) >= 11 is 0. The molecule has 1 unspecified atom stereocenters. The molecular formula is C16H26N2O2. The third kappa shape index (κ3) is 3.25. The number of hydrogen-bond acceptors (Lipinski definition) is 4. The average molecular weight is 278 g/mol. The molecule has 4 heteroatoms. The van der Waals surface area contributed by atoms with E-state index in [1.807, 2.05) is 12.1 Å². The molecule has 2 N–H and O–H groups in total. The van der Waals surface area contributed by atoms with E-state index in [2.05, 4.69) is 17.9 Å². The first-order chi connectivity index (χ1) is 9.81. The Morgan fingerprint density at radius 3 is 2.65 bits per heavy atom. The fraction of sp³-hybridized carbons (Fsp3) is 0.625. The van der Waals surface area contributed by atoms with Crippen molar-refractivity contribution in [2.45, 2.75) is 32.2 Å². The van der Waals surface area contributed by atoms with Crippen LogP contribution in [0.25, 0.3) is 0 Å². The van der Waals surface area contributed by atoms with Crippen LogP contribution in [0.2, 0.25) is 0 Å². The first-order valence-corrected chi connectivity index (χ1v) is 7.55. The van der Waals surface area contributed by atoms with Crippen molar-refractivity contribution in [3.05, 3.63) is 23.8 Å². The standard InChI is InChI=1S/C16H26N2O2/c1-3-11-20-16-13(7-6-8-15(16)19-2)14(12-17)18-9-4-5-10-18/h6-8,14H,3-5,9-12,17H2,1-2H3. The molecule has 1 saturated heterocycles. The van der Waals surface area contributed by atoms with Gasteiger partial charge in [-0.2, -0.15) is 0 Å². The maximum absolute atomic E-state index is 6.04. The van der Waals surface area contributed by atoms with Crippen LogP contribution in [0.15, 0.2) is 18.2 Å². The summed E-state index contributed by atoms with van der Waals surface area (Å²) in [6, 6.07) is 6.31. The fourth-order valence-electron chi connectivity index (χ4n) is 2.84. The van der Waals surface area contributed by atoms with Gasteiger partial charge < -0.3 is 15.2 Å². The first-order valence-electron chi connectivity index (χ1n) is 7.55. The van der Waals surface area contributed by atoms with Crippen molar-refractivity contribution in [3.63, 3.8) is 0 Å². The largest absolute Gasteiger partial charge is 0.493 e. The van der Waals surface area contributed by atoms with Gasteiger partial charge in [0.25, 0.3) is 0 Å². The quantitative estimate of drug-likeness (QED) is 0.833. The summed E-state index contributed by atoms with van der Waals surface area (Å²) in [5.41, 5.74) is 7.19. The average Bonchev–Trinajstić information content (AvgIpc) is 3.00. The molecule has 112 valence electrons. The Morgan fingerprint density at radius 2 is 2.05 bits per heavy atom. The minimum absolute atomic E-state index is 0.222. The molecule has 0 radical (unpaired) electrons.